The average Bonchev–Trinajstić information content (AvgIpc) is 3.56. The topological polar surface area (TPSA) is 112 Å². The van der Waals surface area contributed by atoms with E-state index >= 15 is 0 Å². The normalized spacial score (nSPS) is 14.6. The Morgan fingerprint density at radius 1 is 1.18 bits per heavy atom. The van der Waals surface area contributed by atoms with Crippen molar-refractivity contribution >= 4 is 23.4 Å². The maximum absolute atomic E-state index is 13.0. The summed E-state index contributed by atoms with van der Waals surface area (Å²) in [7, 11) is 0. The van der Waals surface area contributed by atoms with Crippen LogP contribution in [0, 0.1) is 0 Å². The number of benzene rings is 2. The van der Waals surface area contributed by atoms with E-state index < -0.39 is 41.8 Å². The van der Waals surface area contributed by atoms with E-state index in [9.17, 15) is 27.6 Å². The van der Waals surface area contributed by atoms with Crippen LogP contribution in [0.5, 0.6) is 0 Å². The number of alkyl halides is 3. The predicted octanol–water partition coefficient (Wildman–Crippen LogP) is 3.06. The van der Waals surface area contributed by atoms with E-state index in [0.717, 1.165) is 35.7 Å². The highest BCUT2D eigenvalue weighted by Crippen LogP contribution is 2.36. The number of primary amides is 1. The van der Waals surface area contributed by atoms with Gasteiger partial charge in [-0.25, -0.2) is 9.48 Å². The van der Waals surface area contributed by atoms with Gasteiger partial charge in [-0.1, -0.05) is 23.7 Å². The van der Waals surface area contributed by atoms with Gasteiger partial charge in [-0.05, 0) is 54.8 Å². The Morgan fingerprint density at radius 2 is 1.85 bits per heavy atom. The molecule has 1 aliphatic rings. The van der Waals surface area contributed by atoms with E-state index in [0.29, 0.717) is 16.4 Å². The molecule has 178 valence electrons. The number of nitrogens with two attached hydrogens (primary N) is 1. The van der Waals surface area contributed by atoms with Crippen molar-refractivity contribution in [3.63, 3.8) is 0 Å². The lowest BCUT2D eigenvalue weighted by Crippen LogP contribution is -2.40. The molecule has 2 aromatic carbocycles. The molecule has 3 N–H and O–H groups in total. The van der Waals surface area contributed by atoms with Crippen LogP contribution in [0.25, 0.3) is 11.4 Å². The first-order valence-corrected chi connectivity index (χ1v) is 10.6. The second-order valence-corrected chi connectivity index (χ2v) is 8.33. The highest BCUT2D eigenvalue weighted by Gasteiger charge is 2.33. The van der Waals surface area contributed by atoms with Crippen LogP contribution in [-0.2, 0) is 22.3 Å². The smallest absolute Gasteiger partial charge is 0.368 e. The lowest BCUT2D eigenvalue weighted by molar-refractivity contribution is -0.137. The van der Waals surface area contributed by atoms with E-state index in [1.807, 2.05) is 0 Å². The van der Waals surface area contributed by atoms with Gasteiger partial charge in [0.15, 0.2) is 5.82 Å². The number of carbonyl (C=O) groups is 2. The summed E-state index contributed by atoms with van der Waals surface area (Å²) in [5.74, 6) is -1.50. The molecule has 1 saturated carbocycles. The molecule has 4 rings (SSSR count). The molecule has 1 aliphatic carbocycles. The Hall–Kier alpha value is -3.60. The van der Waals surface area contributed by atoms with Gasteiger partial charge in [0.1, 0.15) is 12.6 Å². The van der Waals surface area contributed by atoms with Gasteiger partial charge < -0.3 is 11.1 Å². The van der Waals surface area contributed by atoms with E-state index in [1.54, 1.807) is 24.3 Å². The molecule has 1 aromatic heterocycles. The highest BCUT2D eigenvalue weighted by atomic mass is 35.5. The Bertz CT molecular complexity index is 1300. The minimum Gasteiger partial charge on any atom is -0.368 e. The van der Waals surface area contributed by atoms with E-state index in [-0.39, 0.29) is 11.6 Å². The number of nitrogens with zero attached hydrogens (tertiary/aromatic N) is 3. The first-order chi connectivity index (χ1) is 16.0. The minimum atomic E-state index is -4.64. The van der Waals surface area contributed by atoms with Gasteiger partial charge in [-0.2, -0.15) is 13.2 Å². The first kappa shape index (κ1) is 23.6. The Balaban J connectivity index is 1.59. The molecule has 1 fully saturated rings. The van der Waals surface area contributed by atoms with Gasteiger partial charge in [0, 0.05) is 16.6 Å². The minimum absolute atomic E-state index is 0.0431. The maximum Gasteiger partial charge on any atom is 0.416 e. The molecule has 12 heteroatoms. The van der Waals surface area contributed by atoms with Crippen molar-refractivity contribution in [2.24, 2.45) is 5.73 Å². The summed E-state index contributed by atoms with van der Waals surface area (Å²) in [5, 5.41) is 7.09. The molecular weight excluding hydrogens is 475 g/mol. The summed E-state index contributed by atoms with van der Waals surface area (Å²) in [6, 6.07) is 9.07. The molecule has 0 radical (unpaired) electrons. The van der Waals surface area contributed by atoms with Gasteiger partial charge in [-0.3, -0.25) is 14.2 Å². The van der Waals surface area contributed by atoms with Crippen LogP contribution >= 0.6 is 11.6 Å². The maximum atomic E-state index is 13.0. The molecule has 1 unspecified atom stereocenters. The van der Waals surface area contributed by atoms with Gasteiger partial charge in [0.2, 0.25) is 11.8 Å². The zero-order valence-electron chi connectivity index (χ0n) is 17.6. The average molecular weight is 494 g/mol. The number of carbonyl (C=O) groups excluding carboxylic acids is 2. The lowest BCUT2D eigenvalue weighted by Gasteiger charge is -2.17. The zero-order chi connectivity index (χ0) is 24.6. The Morgan fingerprint density at radius 3 is 2.44 bits per heavy atom. The second kappa shape index (κ2) is 8.98. The number of hydrogen-bond acceptors (Lipinski definition) is 4. The van der Waals surface area contributed by atoms with Gasteiger partial charge in [0.25, 0.3) is 0 Å². The number of aromatic nitrogens is 3. The molecule has 3 aromatic rings. The van der Waals surface area contributed by atoms with Crippen molar-refractivity contribution in [3.05, 3.63) is 75.2 Å². The number of nitrogens with one attached hydrogen (secondary N) is 1. The molecule has 0 saturated heterocycles. The molecule has 1 atom stereocenters. The summed E-state index contributed by atoms with van der Waals surface area (Å²) in [4.78, 5) is 37.5. The summed E-state index contributed by atoms with van der Waals surface area (Å²) in [6.07, 6.45) is -3.06. The Labute approximate surface area is 196 Å². The molecule has 0 bridgehead atoms. The van der Waals surface area contributed by atoms with E-state index in [1.165, 1.54) is 10.6 Å². The molecule has 2 amide bonds. The summed E-state index contributed by atoms with van der Waals surface area (Å²) in [6.45, 7) is -0.554. The van der Waals surface area contributed by atoms with Crippen molar-refractivity contribution in [1.82, 2.24) is 19.7 Å². The fourth-order valence-corrected chi connectivity index (χ4v) is 3.66. The number of hydrogen-bond donors (Lipinski definition) is 2. The van der Waals surface area contributed by atoms with Crippen LogP contribution in [0.15, 0.2) is 53.3 Å². The van der Waals surface area contributed by atoms with Crippen LogP contribution in [0.4, 0.5) is 13.2 Å². The van der Waals surface area contributed by atoms with Crippen LogP contribution in [0.2, 0.25) is 5.02 Å². The summed E-state index contributed by atoms with van der Waals surface area (Å²) in [5.41, 5.74) is 4.32. The van der Waals surface area contributed by atoms with Crippen molar-refractivity contribution in [3.8, 4) is 11.4 Å². The van der Waals surface area contributed by atoms with Crippen molar-refractivity contribution in [2.45, 2.75) is 37.6 Å². The number of rotatable bonds is 7. The highest BCUT2D eigenvalue weighted by molar-refractivity contribution is 6.30. The first-order valence-electron chi connectivity index (χ1n) is 10.3. The van der Waals surface area contributed by atoms with Crippen LogP contribution in [0.1, 0.15) is 36.1 Å². The fourth-order valence-electron chi connectivity index (χ4n) is 3.54. The number of halogens is 4. The molecule has 1 heterocycles. The third-order valence-electron chi connectivity index (χ3n) is 5.32. The second-order valence-electron chi connectivity index (χ2n) is 7.90. The van der Waals surface area contributed by atoms with E-state index in [4.69, 9.17) is 17.3 Å². The zero-order valence-corrected chi connectivity index (χ0v) is 18.3. The van der Waals surface area contributed by atoms with Crippen LogP contribution < -0.4 is 16.7 Å². The largest absolute Gasteiger partial charge is 0.416 e. The molecular formula is C22H19ClF3N5O3. The van der Waals surface area contributed by atoms with Gasteiger partial charge in [0.05, 0.1) is 5.56 Å². The Kier molecular flexibility index (Phi) is 6.22. The number of amides is 2. The quantitative estimate of drug-likeness (QED) is 0.526. The third-order valence-corrected chi connectivity index (χ3v) is 5.57. The standard InChI is InChI=1S/C22H19ClF3N5O3/c23-15-6-4-12(5-7-15)20-29-30(21(34)31(20)16-8-9-16)11-17(32)28-18(19(27)33)13-2-1-3-14(10-13)22(24,25)26/h1-7,10,16,18H,8-9,11H2,(H2,27,33)(H,28,32). The lowest BCUT2D eigenvalue weighted by atomic mass is 10.0. The van der Waals surface area contributed by atoms with Crippen LogP contribution in [-0.4, -0.2) is 26.2 Å². The summed E-state index contributed by atoms with van der Waals surface area (Å²) >= 11 is 5.93. The van der Waals surface area contributed by atoms with Gasteiger partial charge in [-0.15, -0.1) is 5.10 Å². The van der Waals surface area contributed by atoms with Crippen molar-refractivity contribution < 1.29 is 22.8 Å². The van der Waals surface area contributed by atoms with Crippen LogP contribution in [0.3, 0.4) is 0 Å². The third kappa shape index (κ3) is 4.98. The molecule has 34 heavy (non-hydrogen) atoms. The monoisotopic (exact) mass is 493 g/mol. The van der Waals surface area contributed by atoms with E-state index in [2.05, 4.69) is 10.4 Å². The predicted molar refractivity (Wildman–Crippen MR) is 117 cm³/mol. The molecule has 0 spiro atoms. The SMILES string of the molecule is NC(=O)C(NC(=O)Cn1nc(-c2ccc(Cl)cc2)n(C2CC2)c1=O)c1cccc(C(F)(F)F)c1. The van der Waals surface area contributed by atoms with Gasteiger partial charge >= 0.3 is 11.9 Å². The van der Waals surface area contributed by atoms with Crippen molar-refractivity contribution in [1.29, 1.82) is 0 Å². The summed E-state index contributed by atoms with van der Waals surface area (Å²) < 4.78 is 41.6. The molecule has 0 aliphatic heterocycles. The molecule has 8 nitrogen and oxygen atoms in total. The fraction of sp³-hybridized carbons (Fsp3) is 0.273. The van der Waals surface area contributed by atoms with Crippen molar-refractivity contribution in [2.75, 3.05) is 0 Å².